The number of rotatable bonds is 8. The molecule has 1 aliphatic rings. The summed E-state index contributed by atoms with van der Waals surface area (Å²) in [5.41, 5.74) is 2.95. The van der Waals surface area contributed by atoms with E-state index >= 15 is 0 Å². The molecule has 1 atom stereocenters. The average Bonchev–Trinajstić information content (AvgIpc) is 3.33. The van der Waals surface area contributed by atoms with Gasteiger partial charge in [0.1, 0.15) is 0 Å². The predicted octanol–water partition coefficient (Wildman–Crippen LogP) is 4.80. The molecule has 1 aliphatic heterocycles. The Hall–Kier alpha value is -3.58. The van der Waals surface area contributed by atoms with Gasteiger partial charge in [-0.1, -0.05) is 49.4 Å². The van der Waals surface area contributed by atoms with Crippen LogP contribution in [-0.2, 0) is 6.54 Å². The van der Waals surface area contributed by atoms with Crippen LogP contribution in [0.1, 0.15) is 36.8 Å². The standard InChI is InChI=1S/C26H30N4O3/c1-19(21-9-3-2-4-10-21)17-28-23-12-13-27-25(31)24(23)33-26(32)29-22-11-7-8-20(16-22)18-30-14-5-6-15-30/h2-4,7-13,16,19H,5-6,14-15,17-18H2,1H3,(H,29,32)(H2,27,28,31). The summed E-state index contributed by atoms with van der Waals surface area (Å²) < 4.78 is 5.42. The lowest BCUT2D eigenvalue weighted by molar-refractivity contribution is 0.214. The SMILES string of the molecule is CC(CNc1cc[nH]c(=O)c1OC(=O)Nc1cccc(CN2CCCC2)c1)c1ccccc1. The first kappa shape index (κ1) is 22.6. The van der Waals surface area contributed by atoms with Crippen molar-refractivity contribution in [2.75, 3.05) is 30.3 Å². The molecule has 4 rings (SSSR count). The van der Waals surface area contributed by atoms with Crippen LogP contribution in [0.2, 0.25) is 0 Å². The van der Waals surface area contributed by atoms with E-state index in [0.29, 0.717) is 17.9 Å². The minimum Gasteiger partial charge on any atom is -0.402 e. The van der Waals surface area contributed by atoms with Crippen molar-refractivity contribution in [3.05, 3.63) is 88.3 Å². The maximum atomic E-state index is 12.6. The Morgan fingerprint density at radius 3 is 2.67 bits per heavy atom. The molecule has 172 valence electrons. The molecule has 2 heterocycles. The first-order valence-electron chi connectivity index (χ1n) is 11.4. The normalized spacial score (nSPS) is 14.6. The topological polar surface area (TPSA) is 86.5 Å². The summed E-state index contributed by atoms with van der Waals surface area (Å²) in [5, 5.41) is 5.98. The number of nitrogens with zero attached hydrogens (tertiary/aromatic N) is 1. The maximum Gasteiger partial charge on any atom is 0.417 e. The second-order valence-corrected chi connectivity index (χ2v) is 8.44. The van der Waals surface area contributed by atoms with E-state index in [-0.39, 0.29) is 11.7 Å². The number of amides is 1. The quantitative estimate of drug-likeness (QED) is 0.463. The van der Waals surface area contributed by atoms with E-state index in [1.165, 1.54) is 24.6 Å². The molecule has 0 radical (unpaired) electrons. The van der Waals surface area contributed by atoms with Crippen LogP contribution in [0.3, 0.4) is 0 Å². The number of likely N-dealkylation sites (tertiary alicyclic amines) is 1. The van der Waals surface area contributed by atoms with Gasteiger partial charge in [-0.15, -0.1) is 0 Å². The number of benzene rings is 2. The molecule has 1 fully saturated rings. The fraction of sp³-hybridized carbons (Fsp3) is 0.308. The van der Waals surface area contributed by atoms with Crippen molar-refractivity contribution >= 4 is 17.5 Å². The van der Waals surface area contributed by atoms with Crippen molar-refractivity contribution < 1.29 is 9.53 Å². The van der Waals surface area contributed by atoms with Crippen LogP contribution in [0.25, 0.3) is 0 Å². The summed E-state index contributed by atoms with van der Waals surface area (Å²) in [5.74, 6) is 0.161. The number of carbonyl (C=O) groups excluding carboxylic acids is 1. The molecule has 0 aliphatic carbocycles. The van der Waals surface area contributed by atoms with Gasteiger partial charge in [0, 0.05) is 25.0 Å². The average molecular weight is 447 g/mol. The van der Waals surface area contributed by atoms with Crippen molar-refractivity contribution in [3.8, 4) is 5.75 Å². The molecule has 0 bridgehead atoms. The van der Waals surface area contributed by atoms with E-state index in [0.717, 1.165) is 25.2 Å². The predicted molar refractivity (Wildman–Crippen MR) is 131 cm³/mol. The van der Waals surface area contributed by atoms with Gasteiger partial charge in [-0.05, 0) is 61.2 Å². The van der Waals surface area contributed by atoms with Crippen molar-refractivity contribution in [2.24, 2.45) is 0 Å². The van der Waals surface area contributed by atoms with Crippen molar-refractivity contribution in [1.82, 2.24) is 9.88 Å². The van der Waals surface area contributed by atoms with E-state index in [4.69, 9.17) is 4.74 Å². The molecule has 7 nitrogen and oxygen atoms in total. The molecule has 7 heteroatoms. The van der Waals surface area contributed by atoms with Crippen LogP contribution in [-0.4, -0.2) is 35.6 Å². The minimum absolute atomic E-state index is 0.0523. The summed E-state index contributed by atoms with van der Waals surface area (Å²) in [6, 6.07) is 19.5. The van der Waals surface area contributed by atoms with Gasteiger partial charge in [-0.3, -0.25) is 15.0 Å². The number of hydrogen-bond acceptors (Lipinski definition) is 5. The molecule has 0 spiro atoms. The van der Waals surface area contributed by atoms with Crippen LogP contribution >= 0.6 is 0 Å². The van der Waals surface area contributed by atoms with E-state index in [1.807, 2.05) is 42.5 Å². The molecule has 1 amide bonds. The number of H-pyrrole nitrogens is 1. The summed E-state index contributed by atoms with van der Waals surface area (Å²) in [7, 11) is 0. The third-order valence-electron chi connectivity index (χ3n) is 5.86. The molecular formula is C26H30N4O3. The zero-order valence-corrected chi connectivity index (χ0v) is 18.8. The lowest BCUT2D eigenvalue weighted by Crippen LogP contribution is -2.23. The van der Waals surface area contributed by atoms with Gasteiger partial charge in [0.2, 0.25) is 5.75 Å². The largest absolute Gasteiger partial charge is 0.417 e. The minimum atomic E-state index is -0.704. The highest BCUT2D eigenvalue weighted by Crippen LogP contribution is 2.22. The molecule has 1 unspecified atom stereocenters. The van der Waals surface area contributed by atoms with E-state index in [9.17, 15) is 9.59 Å². The van der Waals surface area contributed by atoms with Crippen molar-refractivity contribution in [3.63, 3.8) is 0 Å². The fourth-order valence-electron chi connectivity index (χ4n) is 4.05. The summed E-state index contributed by atoms with van der Waals surface area (Å²) in [6.07, 6.45) is 3.29. The van der Waals surface area contributed by atoms with Gasteiger partial charge in [0.05, 0.1) is 5.69 Å². The first-order chi connectivity index (χ1) is 16.1. The third kappa shape index (κ3) is 6.23. The number of anilines is 2. The number of aromatic amines is 1. The number of hydrogen-bond donors (Lipinski definition) is 3. The number of aromatic nitrogens is 1. The molecule has 1 saturated heterocycles. The highest BCUT2D eigenvalue weighted by Gasteiger charge is 2.16. The number of carbonyl (C=O) groups is 1. The van der Waals surface area contributed by atoms with Crippen LogP contribution in [0.15, 0.2) is 71.7 Å². The van der Waals surface area contributed by atoms with E-state index in [2.05, 4.69) is 39.6 Å². The Morgan fingerprint density at radius 1 is 1.09 bits per heavy atom. The maximum absolute atomic E-state index is 12.6. The molecule has 3 N–H and O–H groups in total. The lowest BCUT2D eigenvalue weighted by Gasteiger charge is -2.16. The smallest absolute Gasteiger partial charge is 0.402 e. The highest BCUT2D eigenvalue weighted by atomic mass is 16.6. The van der Waals surface area contributed by atoms with Crippen LogP contribution in [0, 0.1) is 0 Å². The Labute approximate surface area is 193 Å². The van der Waals surface area contributed by atoms with Crippen LogP contribution < -0.4 is 20.9 Å². The van der Waals surface area contributed by atoms with Crippen molar-refractivity contribution in [2.45, 2.75) is 32.2 Å². The van der Waals surface area contributed by atoms with Gasteiger partial charge < -0.3 is 15.0 Å². The monoisotopic (exact) mass is 446 g/mol. The van der Waals surface area contributed by atoms with Crippen molar-refractivity contribution in [1.29, 1.82) is 0 Å². The molecule has 0 saturated carbocycles. The van der Waals surface area contributed by atoms with Gasteiger partial charge in [-0.2, -0.15) is 0 Å². The number of ether oxygens (including phenoxy) is 1. The lowest BCUT2D eigenvalue weighted by atomic mass is 10.0. The highest BCUT2D eigenvalue weighted by molar-refractivity contribution is 5.87. The van der Waals surface area contributed by atoms with E-state index < -0.39 is 11.7 Å². The van der Waals surface area contributed by atoms with Gasteiger partial charge in [0.15, 0.2) is 0 Å². The summed E-state index contributed by atoms with van der Waals surface area (Å²) >= 11 is 0. The third-order valence-corrected chi connectivity index (χ3v) is 5.86. The first-order valence-corrected chi connectivity index (χ1v) is 11.4. The summed E-state index contributed by atoms with van der Waals surface area (Å²) in [4.78, 5) is 29.9. The molecule has 2 aromatic carbocycles. The molecule has 33 heavy (non-hydrogen) atoms. The number of nitrogens with one attached hydrogen (secondary N) is 3. The Bertz CT molecular complexity index is 1120. The van der Waals surface area contributed by atoms with Crippen LogP contribution in [0.5, 0.6) is 5.75 Å². The second kappa shape index (κ2) is 10.8. The van der Waals surface area contributed by atoms with Crippen LogP contribution in [0.4, 0.5) is 16.2 Å². The summed E-state index contributed by atoms with van der Waals surface area (Å²) in [6.45, 7) is 5.75. The zero-order chi connectivity index (χ0) is 23.0. The Kier molecular flexibility index (Phi) is 7.42. The Morgan fingerprint density at radius 2 is 1.88 bits per heavy atom. The zero-order valence-electron chi connectivity index (χ0n) is 18.8. The molecule has 1 aromatic heterocycles. The fourth-order valence-corrected chi connectivity index (χ4v) is 4.05. The number of pyridine rings is 1. The molecular weight excluding hydrogens is 416 g/mol. The Balaban J connectivity index is 1.39. The molecule has 3 aromatic rings. The second-order valence-electron chi connectivity index (χ2n) is 8.44. The van der Waals surface area contributed by atoms with Gasteiger partial charge >= 0.3 is 6.09 Å². The van der Waals surface area contributed by atoms with Gasteiger partial charge in [-0.25, -0.2) is 4.79 Å². The van der Waals surface area contributed by atoms with E-state index in [1.54, 1.807) is 6.07 Å². The van der Waals surface area contributed by atoms with Gasteiger partial charge in [0.25, 0.3) is 5.56 Å².